The first-order valence-electron chi connectivity index (χ1n) is 10.5. The molecule has 0 N–H and O–H groups in total. The van der Waals surface area contributed by atoms with Gasteiger partial charge in [-0.25, -0.2) is 0 Å². The van der Waals surface area contributed by atoms with E-state index in [2.05, 4.69) is 62.4 Å². The van der Waals surface area contributed by atoms with Crippen LogP contribution < -0.4 is 0 Å². The molecule has 2 aliphatic rings. The molecule has 0 amide bonds. The molecule has 2 aliphatic heterocycles. The first-order valence-corrected chi connectivity index (χ1v) is 14.0. The fraction of sp³-hybridized carbons (Fsp3) is 0.500. The largest absolute Gasteiger partial charge is 0.0935 e. The van der Waals surface area contributed by atoms with Crippen LogP contribution >= 0.6 is 15.8 Å². The molecule has 0 saturated heterocycles. The van der Waals surface area contributed by atoms with Crippen molar-refractivity contribution in [2.45, 2.75) is 63.2 Å². The van der Waals surface area contributed by atoms with E-state index in [1.54, 1.807) is 22.3 Å². The highest BCUT2D eigenvalue weighted by molar-refractivity contribution is 7.62. The molecule has 2 heterocycles. The smallest absolute Gasteiger partial charge is 0.0156 e. The molecule has 26 heavy (non-hydrogen) atoms. The molecule has 0 saturated carbocycles. The third-order valence-electron chi connectivity index (χ3n) is 6.18. The Bertz CT molecular complexity index is 675. The predicted octanol–water partition coefficient (Wildman–Crippen LogP) is 8.06. The molecule has 2 aromatic carbocycles. The van der Waals surface area contributed by atoms with Crippen molar-refractivity contribution >= 4 is 15.8 Å². The van der Waals surface area contributed by atoms with Gasteiger partial charge in [-0.05, 0) is 59.7 Å². The highest BCUT2D eigenvalue weighted by atomic mass is 31.1. The molecule has 0 radical (unpaired) electrons. The standard InChI is InChI=1S/C24H32P2/c1-3-5-15-25-17-19-11-7-9-13-21(19)23(25)24-22-14-10-8-12-20(22)18-26(24)16-6-4-2/h7-14,23-24H,3-6,15-18H2,1-2H3/t23-,24-,25?,26?/m1/s1. The summed E-state index contributed by atoms with van der Waals surface area (Å²) in [5.74, 6) is 0. The normalized spacial score (nSPS) is 26.7. The molecule has 0 bridgehead atoms. The minimum absolute atomic E-state index is 0.0978. The van der Waals surface area contributed by atoms with Crippen LogP contribution in [0.5, 0.6) is 0 Å². The summed E-state index contributed by atoms with van der Waals surface area (Å²) in [6.45, 7) is 4.71. The second kappa shape index (κ2) is 8.54. The highest BCUT2D eigenvalue weighted by Crippen LogP contribution is 2.75. The van der Waals surface area contributed by atoms with E-state index in [4.69, 9.17) is 0 Å². The summed E-state index contributed by atoms with van der Waals surface area (Å²) in [4.78, 5) is 0. The van der Waals surface area contributed by atoms with E-state index in [0.717, 1.165) is 11.3 Å². The van der Waals surface area contributed by atoms with Gasteiger partial charge in [-0.1, -0.05) is 91.1 Å². The van der Waals surface area contributed by atoms with Crippen LogP contribution in [0.4, 0.5) is 0 Å². The lowest BCUT2D eigenvalue weighted by Gasteiger charge is -2.32. The molecule has 4 atom stereocenters. The zero-order valence-electron chi connectivity index (χ0n) is 16.3. The van der Waals surface area contributed by atoms with Crippen LogP contribution in [-0.2, 0) is 12.3 Å². The average Bonchev–Trinajstić information content (AvgIpc) is 3.21. The van der Waals surface area contributed by atoms with Crippen molar-refractivity contribution in [3.05, 3.63) is 70.8 Å². The van der Waals surface area contributed by atoms with Gasteiger partial charge < -0.3 is 0 Å². The number of hydrogen-bond acceptors (Lipinski definition) is 0. The van der Waals surface area contributed by atoms with E-state index < -0.39 is 0 Å². The van der Waals surface area contributed by atoms with E-state index in [-0.39, 0.29) is 15.8 Å². The van der Waals surface area contributed by atoms with Crippen LogP contribution in [0.2, 0.25) is 0 Å². The van der Waals surface area contributed by atoms with Crippen LogP contribution in [0, 0.1) is 0 Å². The van der Waals surface area contributed by atoms with E-state index >= 15 is 0 Å². The van der Waals surface area contributed by atoms with Gasteiger partial charge in [0, 0.05) is 11.3 Å². The van der Waals surface area contributed by atoms with Gasteiger partial charge in [0.2, 0.25) is 0 Å². The molecular formula is C24H32P2. The Labute approximate surface area is 162 Å². The molecule has 0 nitrogen and oxygen atoms in total. The van der Waals surface area contributed by atoms with Crippen molar-refractivity contribution in [1.82, 2.24) is 0 Å². The van der Waals surface area contributed by atoms with Gasteiger partial charge in [0.25, 0.3) is 0 Å². The van der Waals surface area contributed by atoms with Gasteiger partial charge in [0.1, 0.15) is 0 Å². The third kappa shape index (κ3) is 3.53. The Morgan fingerprint density at radius 3 is 1.54 bits per heavy atom. The van der Waals surface area contributed by atoms with Crippen LogP contribution in [0.15, 0.2) is 48.5 Å². The van der Waals surface area contributed by atoms with Gasteiger partial charge in [0.15, 0.2) is 0 Å². The van der Waals surface area contributed by atoms with E-state index in [0.29, 0.717) is 0 Å². The summed E-state index contributed by atoms with van der Waals surface area (Å²) in [5, 5.41) is 0. The molecule has 0 spiro atoms. The zero-order valence-corrected chi connectivity index (χ0v) is 18.1. The minimum atomic E-state index is 0.0978. The lowest BCUT2D eigenvalue weighted by atomic mass is 9.98. The van der Waals surface area contributed by atoms with Crippen molar-refractivity contribution in [1.29, 1.82) is 0 Å². The quantitative estimate of drug-likeness (QED) is 0.425. The highest BCUT2D eigenvalue weighted by Gasteiger charge is 2.44. The molecule has 2 heteroatoms. The Morgan fingerprint density at radius 2 is 1.12 bits per heavy atom. The molecule has 2 aromatic rings. The fourth-order valence-corrected chi connectivity index (χ4v) is 12.6. The van der Waals surface area contributed by atoms with Gasteiger partial charge in [-0.15, -0.1) is 0 Å². The molecule has 0 aliphatic carbocycles. The second-order valence-corrected chi connectivity index (χ2v) is 12.9. The van der Waals surface area contributed by atoms with Gasteiger partial charge in [0.05, 0.1) is 0 Å². The van der Waals surface area contributed by atoms with E-state index in [1.807, 2.05) is 0 Å². The van der Waals surface area contributed by atoms with Crippen molar-refractivity contribution in [3.63, 3.8) is 0 Å². The number of hydrogen-bond donors (Lipinski definition) is 0. The van der Waals surface area contributed by atoms with Crippen LogP contribution in [0.3, 0.4) is 0 Å². The van der Waals surface area contributed by atoms with E-state index in [9.17, 15) is 0 Å². The third-order valence-corrected chi connectivity index (χ3v) is 12.4. The summed E-state index contributed by atoms with van der Waals surface area (Å²) >= 11 is 0. The van der Waals surface area contributed by atoms with Crippen molar-refractivity contribution < 1.29 is 0 Å². The first-order chi connectivity index (χ1) is 12.8. The predicted molar refractivity (Wildman–Crippen MR) is 119 cm³/mol. The van der Waals surface area contributed by atoms with Gasteiger partial charge in [-0.3, -0.25) is 0 Å². The van der Waals surface area contributed by atoms with Crippen molar-refractivity contribution in [2.75, 3.05) is 12.3 Å². The number of rotatable bonds is 7. The van der Waals surface area contributed by atoms with Crippen LogP contribution in [0.25, 0.3) is 0 Å². The van der Waals surface area contributed by atoms with Crippen molar-refractivity contribution in [2.24, 2.45) is 0 Å². The van der Waals surface area contributed by atoms with Gasteiger partial charge >= 0.3 is 0 Å². The number of fused-ring (bicyclic) bond motifs is 2. The van der Waals surface area contributed by atoms with Gasteiger partial charge in [-0.2, -0.15) is 0 Å². The summed E-state index contributed by atoms with van der Waals surface area (Å²) in [6.07, 6.45) is 11.2. The number of benzene rings is 2. The maximum atomic E-state index is 2.47. The zero-order chi connectivity index (χ0) is 17.9. The molecule has 0 aromatic heterocycles. The number of unbranched alkanes of at least 4 members (excludes halogenated alkanes) is 2. The Kier molecular flexibility index (Phi) is 6.13. The van der Waals surface area contributed by atoms with Crippen LogP contribution in [-0.4, -0.2) is 12.3 Å². The summed E-state index contributed by atoms with van der Waals surface area (Å²) in [7, 11) is 0.196. The maximum absolute atomic E-state index is 2.47. The monoisotopic (exact) mass is 382 g/mol. The second-order valence-electron chi connectivity index (χ2n) is 7.94. The molecule has 138 valence electrons. The lowest BCUT2D eigenvalue weighted by Crippen LogP contribution is -2.06. The molecule has 4 rings (SSSR count). The maximum Gasteiger partial charge on any atom is 0.0156 e. The Morgan fingerprint density at radius 1 is 0.692 bits per heavy atom. The van der Waals surface area contributed by atoms with Crippen molar-refractivity contribution in [3.8, 4) is 0 Å². The average molecular weight is 382 g/mol. The summed E-state index contributed by atoms with van der Waals surface area (Å²) in [5.41, 5.74) is 8.46. The minimum Gasteiger partial charge on any atom is -0.0935 e. The molecule has 2 unspecified atom stereocenters. The fourth-order valence-electron chi connectivity index (χ4n) is 4.86. The first kappa shape index (κ1) is 18.7. The van der Waals surface area contributed by atoms with Crippen LogP contribution in [0.1, 0.15) is 73.1 Å². The SMILES string of the molecule is CCCCP1Cc2ccccc2[C@@H]1[C@H]1c2ccccc2CP1CCCC. The molecule has 0 fully saturated rings. The molecular weight excluding hydrogens is 350 g/mol. The van der Waals surface area contributed by atoms with E-state index in [1.165, 1.54) is 50.3 Å². The Hall–Kier alpha value is -0.700. The Balaban J connectivity index is 1.73. The summed E-state index contributed by atoms with van der Waals surface area (Å²) in [6, 6.07) is 18.9. The topological polar surface area (TPSA) is 0 Å². The summed E-state index contributed by atoms with van der Waals surface area (Å²) < 4.78 is 0. The lowest BCUT2D eigenvalue weighted by molar-refractivity contribution is 0.847.